The van der Waals surface area contributed by atoms with Crippen molar-refractivity contribution in [1.82, 2.24) is 4.31 Å². The van der Waals surface area contributed by atoms with Crippen LogP contribution < -0.4 is 15.8 Å². The maximum absolute atomic E-state index is 13.4. The number of carbonyl (C=O) groups is 2. The molecule has 0 spiro atoms. The molecule has 1 saturated heterocycles. The van der Waals surface area contributed by atoms with E-state index in [2.05, 4.69) is 5.32 Å². The minimum atomic E-state index is -3.58. The fraction of sp³-hybridized carbons (Fsp3) is 0.438. The Hall–Kier alpha value is -3.32. The van der Waals surface area contributed by atoms with Gasteiger partial charge in [-0.1, -0.05) is 35.9 Å². The summed E-state index contributed by atoms with van der Waals surface area (Å²) in [5.74, 6) is -1.29. The normalized spacial score (nSPS) is 17.0. The zero-order valence-corrected chi connectivity index (χ0v) is 28.7. The number of halogens is 1. The summed E-state index contributed by atoms with van der Waals surface area (Å²) in [7, 11) is -2.32. The number of nitrogens with zero attached hydrogens (tertiary/aromatic N) is 1. The third kappa shape index (κ3) is 8.69. The summed E-state index contributed by atoms with van der Waals surface area (Å²) < 4.78 is 44.3. The van der Waals surface area contributed by atoms with Gasteiger partial charge in [0.25, 0.3) is 0 Å². The van der Waals surface area contributed by atoms with Crippen molar-refractivity contribution in [2.75, 3.05) is 31.3 Å². The highest BCUT2D eigenvalue weighted by atomic mass is 35.5. The van der Waals surface area contributed by atoms with Gasteiger partial charge in [0, 0.05) is 29.5 Å². The minimum Gasteiger partial charge on any atom is -0.479 e. The van der Waals surface area contributed by atoms with Crippen molar-refractivity contribution in [3.63, 3.8) is 0 Å². The highest BCUT2D eigenvalue weighted by Gasteiger charge is 2.41. The largest absolute Gasteiger partial charge is 0.479 e. The first kappa shape index (κ1) is 34.6. The Morgan fingerprint density at radius 3 is 2.51 bits per heavy atom. The van der Waals surface area contributed by atoms with Crippen LogP contribution in [0.25, 0.3) is 10.4 Å². The summed E-state index contributed by atoms with van der Waals surface area (Å²) in [5.41, 5.74) is 7.27. The summed E-state index contributed by atoms with van der Waals surface area (Å²) in [6.07, 6.45) is 1.20. The molecule has 1 aliphatic heterocycles. The highest BCUT2D eigenvalue weighted by Crippen LogP contribution is 2.46. The van der Waals surface area contributed by atoms with Gasteiger partial charge in [-0.25, -0.2) is 18.0 Å². The molecule has 0 radical (unpaired) electrons. The van der Waals surface area contributed by atoms with E-state index < -0.39 is 39.7 Å². The number of hydrogen-bond donors (Lipinski definition) is 2. The van der Waals surface area contributed by atoms with Gasteiger partial charge in [-0.2, -0.15) is 4.31 Å². The lowest BCUT2D eigenvalue weighted by Gasteiger charge is -2.45. The molecule has 3 aromatic rings. The van der Waals surface area contributed by atoms with Gasteiger partial charge in [0.1, 0.15) is 10.6 Å². The van der Waals surface area contributed by atoms with Crippen molar-refractivity contribution in [3.05, 3.63) is 64.0 Å². The Bertz CT molecular complexity index is 1670. The lowest BCUT2D eigenvalue weighted by Crippen LogP contribution is -2.55. The van der Waals surface area contributed by atoms with Gasteiger partial charge in [0.05, 0.1) is 17.7 Å². The Morgan fingerprint density at radius 2 is 1.87 bits per heavy atom. The summed E-state index contributed by atoms with van der Waals surface area (Å²) >= 11 is 7.83. The molecule has 10 nitrogen and oxygen atoms in total. The monoisotopic (exact) mass is 677 g/mol. The van der Waals surface area contributed by atoms with E-state index in [9.17, 15) is 18.0 Å². The molecule has 0 bridgehead atoms. The second-order valence-corrected chi connectivity index (χ2v) is 15.9. The molecule has 1 aliphatic rings. The van der Waals surface area contributed by atoms with Crippen LogP contribution in [0, 0.1) is 0 Å². The smallest absolute Gasteiger partial charge is 0.351 e. The van der Waals surface area contributed by atoms with Gasteiger partial charge in [-0.3, -0.25) is 0 Å². The molecule has 244 valence electrons. The van der Waals surface area contributed by atoms with Crippen LogP contribution in [0.2, 0.25) is 5.02 Å². The molecule has 0 aliphatic carbocycles. The summed E-state index contributed by atoms with van der Waals surface area (Å²) in [5, 5.41) is 3.73. The SMILES string of the molecule is COC(=O)c1sc(-c2cccc(N[C@H]3CCN(S(=O)(=O)Cc4cccc(N)c4)C(C)(C)C3)c2)c(Cl)c1OCC(=O)OC(C)(C)C. The number of methoxy groups -OCH3 is 1. The number of nitrogens with two attached hydrogens (primary N) is 1. The molecule has 45 heavy (non-hydrogen) atoms. The summed E-state index contributed by atoms with van der Waals surface area (Å²) in [6.45, 7) is 9.05. The number of anilines is 2. The predicted molar refractivity (Wildman–Crippen MR) is 178 cm³/mol. The van der Waals surface area contributed by atoms with Crippen molar-refractivity contribution in [3.8, 4) is 16.2 Å². The number of piperidine rings is 1. The minimum absolute atomic E-state index is 0.00577. The Morgan fingerprint density at radius 1 is 1.16 bits per heavy atom. The van der Waals surface area contributed by atoms with E-state index in [0.29, 0.717) is 35.5 Å². The van der Waals surface area contributed by atoms with Crippen LogP contribution >= 0.6 is 22.9 Å². The van der Waals surface area contributed by atoms with Crippen LogP contribution in [-0.4, -0.2) is 62.1 Å². The second kappa shape index (κ2) is 13.6. The molecular weight excluding hydrogens is 638 g/mol. The molecule has 2 heterocycles. The second-order valence-electron chi connectivity index (χ2n) is 12.6. The van der Waals surface area contributed by atoms with Gasteiger partial charge in [0.15, 0.2) is 17.2 Å². The van der Waals surface area contributed by atoms with Crippen LogP contribution in [0.3, 0.4) is 0 Å². The van der Waals surface area contributed by atoms with Crippen molar-refractivity contribution in [1.29, 1.82) is 0 Å². The zero-order chi connectivity index (χ0) is 33.2. The molecule has 1 fully saturated rings. The maximum atomic E-state index is 13.4. The zero-order valence-electron chi connectivity index (χ0n) is 26.3. The molecule has 1 atom stereocenters. The Labute approximate surface area is 273 Å². The number of esters is 2. The Kier molecular flexibility index (Phi) is 10.4. The quantitative estimate of drug-likeness (QED) is 0.186. The number of nitrogens with one attached hydrogen (secondary N) is 1. The average Bonchev–Trinajstić information content (AvgIpc) is 3.25. The lowest BCUT2D eigenvalue weighted by atomic mass is 9.89. The fourth-order valence-electron chi connectivity index (χ4n) is 5.42. The summed E-state index contributed by atoms with van der Waals surface area (Å²) in [4.78, 5) is 25.6. The van der Waals surface area contributed by atoms with E-state index in [0.717, 1.165) is 22.6 Å². The number of carbonyl (C=O) groups excluding carboxylic acids is 2. The van der Waals surface area contributed by atoms with E-state index >= 15 is 0 Å². The van der Waals surface area contributed by atoms with E-state index in [1.54, 1.807) is 49.3 Å². The molecule has 2 aromatic carbocycles. The van der Waals surface area contributed by atoms with E-state index in [1.807, 2.05) is 38.1 Å². The van der Waals surface area contributed by atoms with Crippen molar-refractivity contribution in [2.45, 2.75) is 70.4 Å². The van der Waals surface area contributed by atoms with Gasteiger partial charge in [-0.05, 0) is 82.9 Å². The molecule has 0 unspecified atom stereocenters. The van der Waals surface area contributed by atoms with Crippen molar-refractivity contribution < 1.29 is 32.2 Å². The average molecular weight is 678 g/mol. The number of sulfonamides is 1. The number of benzene rings is 2. The molecule has 4 rings (SSSR count). The van der Waals surface area contributed by atoms with Gasteiger partial charge in [0.2, 0.25) is 10.0 Å². The van der Waals surface area contributed by atoms with E-state index in [4.69, 9.17) is 31.5 Å². The van der Waals surface area contributed by atoms with Gasteiger partial charge < -0.3 is 25.3 Å². The highest BCUT2D eigenvalue weighted by molar-refractivity contribution is 7.88. The summed E-state index contributed by atoms with van der Waals surface area (Å²) in [6, 6.07) is 14.5. The fourth-order valence-corrected chi connectivity index (χ4v) is 8.87. The van der Waals surface area contributed by atoms with Crippen LogP contribution in [0.1, 0.15) is 62.7 Å². The first-order chi connectivity index (χ1) is 21.0. The standard InChI is InChI=1S/C32H40ClN3O7S2/c1-31(2,3)43-25(37)18-42-27-26(33)28(44-29(27)30(38)41-6)21-10-8-12-23(16-21)35-24-13-14-36(32(4,5)17-24)45(39,40)19-20-9-7-11-22(34)15-20/h7-12,15-16,24,35H,13-14,17-19,34H2,1-6H3/t24-/m0/s1. The number of thiophene rings is 1. The third-order valence-corrected chi connectivity index (χ3v) is 10.9. The predicted octanol–water partition coefficient (Wildman–Crippen LogP) is 6.34. The molecule has 0 saturated carbocycles. The topological polar surface area (TPSA) is 137 Å². The number of hydrogen-bond acceptors (Lipinski definition) is 10. The van der Waals surface area contributed by atoms with Crippen LogP contribution in [0.5, 0.6) is 5.75 Å². The molecule has 3 N–H and O–H groups in total. The number of rotatable bonds is 10. The van der Waals surface area contributed by atoms with Crippen molar-refractivity contribution >= 4 is 56.3 Å². The van der Waals surface area contributed by atoms with Crippen LogP contribution in [0.15, 0.2) is 48.5 Å². The maximum Gasteiger partial charge on any atom is 0.351 e. The van der Waals surface area contributed by atoms with Crippen LogP contribution in [0.4, 0.5) is 11.4 Å². The molecule has 1 aromatic heterocycles. The van der Waals surface area contributed by atoms with Gasteiger partial charge in [-0.15, -0.1) is 11.3 Å². The number of ether oxygens (including phenoxy) is 3. The first-order valence-corrected chi connectivity index (χ1v) is 17.3. The molecule has 0 amide bonds. The van der Waals surface area contributed by atoms with Gasteiger partial charge >= 0.3 is 11.9 Å². The van der Waals surface area contributed by atoms with Crippen molar-refractivity contribution in [2.24, 2.45) is 0 Å². The lowest BCUT2D eigenvalue weighted by molar-refractivity contribution is -0.157. The van der Waals surface area contributed by atoms with E-state index in [1.165, 1.54) is 7.11 Å². The molecular formula is C32H40ClN3O7S2. The third-order valence-electron chi connectivity index (χ3n) is 7.17. The van der Waals surface area contributed by atoms with Crippen LogP contribution in [-0.2, 0) is 30.0 Å². The van der Waals surface area contributed by atoms with E-state index in [-0.39, 0.29) is 27.4 Å². The first-order valence-electron chi connectivity index (χ1n) is 14.5. The Balaban J connectivity index is 1.50. The number of nitrogen functional groups attached to an aromatic ring is 1. The molecule has 13 heteroatoms.